The number of likely N-dealkylation sites (N-methyl/N-ethyl adjacent to an activating group) is 1. The van der Waals surface area contributed by atoms with E-state index in [1.54, 1.807) is 13.1 Å². The minimum atomic E-state index is -0.697. The molecule has 2 N–H and O–H groups in total. The molecule has 2 rings (SSSR count). The van der Waals surface area contributed by atoms with Crippen LogP contribution < -0.4 is 10.6 Å². The summed E-state index contributed by atoms with van der Waals surface area (Å²) in [4.78, 5) is 12.1. The van der Waals surface area contributed by atoms with Crippen molar-refractivity contribution < 1.29 is 4.79 Å². The van der Waals surface area contributed by atoms with E-state index in [1.807, 2.05) is 18.2 Å². The van der Waals surface area contributed by atoms with Crippen molar-refractivity contribution in [2.45, 2.75) is 12.0 Å². The lowest BCUT2D eigenvalue weighted by Gasteiger charge is -2.26. The lowest BCUT2D eigenvalue weighted by molar-refractivity contribution is -0.121. The van der Waals surface area contributed by atoms with E-state index in [0.29, 0.717) is 6.42 Å². The molecule has 84 valence electrons. The maximum atomic E-state index is 12.1. The average molecular weight is 281 g/mol. The molecule has 16 heavy (non-hydrogen) atoms. The highest BCUT2D eigenvalue weighted by Crippen LogP contribution is 2.42. The first-order chi connectivity index (χ1) is 7.65. The number of anilines is 1. The van der Waals surface area contributed by atoms with Crippen LogP contribution >= 0.6 is 15.9 Å². The Labute approximate surface area is 103 Å². The van der Waals surface area contributed by atoms with Crippen LogP contribution in [0.3, 0.4) is 0 Å². The molecule has 0 fully saturated rings. The van der Waals surface area contributed by atoms with E-state index in [-0.39, 0.29) is 5.91 Å². The van der Waals surface area contributed by atoms with E-state index in [2.05, 4.69) is 33.1 Å². The standard InChI is InChI=1S/C12H13BrN2O/c1-3-7-12(14-2)10-8(13)5-4-6-9(10)15-11(12)16/h3-6,14H,1,7H2,2H3,(H,15,16)/t12-/m0/s1. The predicted octanol–water partition coefficient (Wildman–Crippen LogP) is 2.39. The van der Waals surface area contributed by atoms with Gasteiger partial charge >= 0.3 is 0 Å². The Morgan fingerprint density at radius 2 is 2.38 bits per heavy atom. The second-order valence-electron chi connectivity index (χ2n) is 3.76. The molecule has 0 unspecified atom stereocenters. The van der Waals surface area contributed by atoms with E-state index < -0.39 is 5.54 Å². The molecule has 1 aliphatic heterocycles. The van der Waals surface area contributed by atoms with E-state index in [9.17, 15) is 4.79 Å². The second kappa shape index (κ2) is 4.03. The molecule has 0 bridgehead atoms. The van der Waals surface area contributed by atoms with E-state index >= 15 is 0 Å². The monoisotopic (exact) mass is 280 g/mol. The highest BCUT2D eigenvalue weighted by atomic mass is 79.9. The third-order valence-electron chi connectivity index (χ3n) is 2.95. The molecule has 0 aliphatic carbocycles. The lowest BCUT2D eigenvalue weighted by Crippen LogP contribution is -2.45. The van der Waals surface area contributed by atoms with Gasteiger partial charge in [-0.3, -0.25) is 4.79 Å². The number of rotatable bonds is 3. The van der Waals surface area contributed by atoms with Crippen molar-refractivity contribution in [3.63, 3.8) is 0 Å². The molecule has 0 radical (unpaired) electrons. The fourth-order valence-electron chi connectivity index (χ4n) is 2.16. The van der Waals surface area contributed by atoms with Gasteiger partial charge in [-0.2, -0.15) is 0 Å². The number of hydrogen-bond acceptors (Lipinski definition) is 2. The van der Waals surface area contributed by atoms with Gasteiger partial charge in [0, 0.05) is 15.7 Å². The van der Waals surface area contributed by atoms with Crippen molar-refractivity contribution in [3.05, 3.63) is 40.9 Å². The number of carbonyl (C=O) groups excluding carboxylic acids is 1. The van der Waals surface area contributed by atoms with E-state index in [1.165, 1.54) is 0 Å². The molecule has 1 atom stereocenters. The van der Waals surface area contributed by atoms with Crippen LogP contribution in [-0.2, 0) is 10.3 Å². The molecule has 0 saturated carbocycles. The first kappa shape index (κ1) is 11.4. The predicted molar refractivity (Wildman–Crippen MR) is 68.3 cm³/mol. The van der Waals surface area contributed by atoms with Crippen LogP contribution in [0.1, 0.15) is 12.0 Å². The van der Waals surface area contributed by atoms with Gasteiger partial charge in [-0.1, -0.05) is 28.1 Å². The molecule has 1 aromatic carbocycles. The smallest absolute Gasteiger partial charge is 0.249 e. The first-order valence-corrected chi connectivity index (χ1v) is 5.85. The summed E-state index contributed by atoms with van der Waals surface area (Å²) < 4.78 is 0.930. The number of hydrogen-bond donors (Lipinski definition) is 2. The SMILES string of the molecule is C=CC[C@@]1(NC)C(=O)Nc2cccc(Br)c21. The Kier molecular flexibility index (Phi) is 2.86. The Morgan fingerprint density at radius 3 is 3.00 bits per heavy atom. The number of fused-ring (bicyclic) bond motifs is 1. The number of halogens is 1. The molecule has 0 spiro atoms. The zero-order valence-corrected chi connectivity index (χ0v) is 10.6. The van der Waals surface area contributed by atoms with E-state index in [0.717, 1.165) is 15.7 Å². The van der Waals surface area contributed by atoms with Crippen molar-refractivity contribution >= 4 is 27.5 Å². The topological polar surface area (TPSA) is 41.1 Å². The number of nitrogens with one attached hydrogen (secondary N) is 2. The highest BCUT2D eigenvalue weighted by molar-refractivity contribution is 9.10. The van der Waals surface area contributed by atoms with Crippen LogP contribution in [0.2, 0.25) is 0 Å². The summed E-state index contributed by atoms with van der Waals surface area (Å²) in [5.41, 5.74) is 1.12. The molecule has 0 saturated heterocycles. The fourth-order valence-corrected chi connectivity index (χ4v) is 2.86. The van der Waals surface area contributed by atoms with Gasteiger partial charge in [0.05, 0.1) is 0 Å². The first-order valence-electron chi connectivity index (χ1n) is 5.06. The van der Waals surface area contributed by atoms with Gasteiger partial charge < -0.3 is 10.6 Å². The van der Waals surface area contributed by atoms with Crippen molar-refractivity contribution in [3.8, 4) is 0 Å². The molecule has 1 aliphatic rings. The van der Waals surface area contributed by atoms with Gasteiger partial charge in [0.1, 0.15) is 5.54 Å². The number of benzene rings is 1. The lowest BCUT2D eigenvalue weighted by atomic mass is 9.88. The summed E-state index contributed by atoms with van der Waals surface area (Å²) in [5.74, 6) is -0.0307. The second-order valence-corrected chi connectivity index (χ2v) is 4.62. The van der Waals surface area contributed by atoms with Gasteiger partial charge in [0.2, 0.25) is 5.91 Å². The summed E-state index contributed by atoms with van der Waals surface area (Å²) in [5, 5.41) is 6.00. The van der Waals surface area contributed by atoms with Crippen LogP contribution in [0.4, 0.5) is 5.69 Å². The molecule has 4 heteroatoms. The molecule has 1 aromatic rings. The maximum absolute atomic E-state index is 12.1. The zero-order chi connectivity index (χ0) is 11.8. The summed E-state index contributed by atoms with van der Waals surface area (Å²) in [6.45, 7) is 3.72. The molecule has 0 aromatic heterocycles. The minimum Gasteiger partial charge on any atom is -0.324 e. The van der Waals surface area contributed by atoms with Gasteiger partial charge in [0.25, 0.3) is 0 Å². The Morgan fingerprint density at radius 1 is 1.62 bits per heavy atom. The summed E-state index contributed by atoms with van der Waals surface area (Å²) in [6, 6.07) is 5.75. The Hall–Kier alpha value is -1.13. The van der Waals surface area contributed by atoms with Crippen LogP contribution in [0.5, 0.6) is 0 Å². The zero-order valence-electron chi connectivity index (χ0n) is 9.01. The van der Waals surface area contributed by atoms with Crippen LogP contribution in [0.15, 0.2) is 35.3 Å². The van der Waals surface area contributed by atoms with Crippen LogP contribution in [0.25, 0.3) is 0 Å². The molecule has 3 nitrogen and oxygen atoms in total. The van der Waals surface area contributed by atoms with Crippen molar-refractivity contribution in [1.29, 1.82) is 0 Å². The average Bonchev–Trinajstić information content (AvgIpc) is 2.54. The normalized spacial score (nSPS) is 22.8. The molecule has 1 heterocycles. The number of amides is 1. The number of carbonyl (C=O) groups is 1. The molecular weight excluding hydrogens is 268 g/mol. The third kappa shape index (κ3) is 1.41. The van der Waals surface area contributed by atoms with Crippen molar-refractivity contribution in [2.24, 2.45) is 0 Å². The molecular formula is C12H13BrN2O. The maximum Gasteiger partial charge on any atom is 0.249 e. The van der Waals surface area contributed by atoms with Crippen LogP contribution in [0, 0.1) is 0 Å². The van der Waals surface area contributed by atoms with E-state index in [4.69, 9.17) is 0 Å². The van der Waals surface area contributed by atoms with Gasteiger partial charge in [-0.25, -0.2) is 0 Å². The van der Waals surface area contributed by atoms with Gasteiger partial charge in [-0.15, -0.1) is 6.58 Å². The van der Waals surface area contributed by atoms with Crippen molar-refractivity contribution in [1.82, 2.24) is 5.32 Å². The quantitative estimate of drug-likeness (QED) is 0.835. The fraction of sp³-hybridized carbons (Fsp3) is 0.250. The highest BCUT2D eigenvalue weighted by Gasteiger charge is 2.45. The molecule has 1 amide bonds. The van der Waals surface area contributed by atoms with Gasteiger partial charge in [-0.05, 0) is 25.6 Å². The summed E-state index contributed by atoms with van der Waals surface area (Å²) in [6.07, 6.45) is 2.32. The van der Waals surface area contributed by atoms with Crippen molar-refractivity contribution in [2.75, 3.05) is 12.4 Å². The summed E-state index contributed by atoms with van der Waals surface area (Å²) >= 11 is 3.49. The minimum absolute atomic E-state index is 0.0307. The third-order valence-corrected chi connectivity index (χ3v) is 3.61. The summed E-state index contributed by atoms with van der Waals surface area (Å²) in [7, 11) is 1.79. The largest absolute Gasteiger partial charge is 0.324 e. The Balaban J connectivity index is 2.65. The Bertz CT molecular complexity index is 458. The van der Waals surface area contributed by atoms with Crippen LogP contribution in [-0.4, -0.2) is 13.0 Å². The van der Waals surface area contributed by atoms with Gasteiger partial charge in [0.15, 0.2) is 0 Å².